The Morgan fingerprint density at radius 3 is 2.80 bits per heavy atom. The number of aryl methyl sites for hydroxylation is 1. The maximum atomic E-state index is 13.6. The lowest BCUT2D eigenvalue weighted by Gasteiger charge is -2.19. The number of carbonyl (C=O) groups excluding carboxylic acids is 1. The molecule has 1 N–H and O–H groups in total. The van der Waals surface area contributed by atoms with Gasteiger partial charge in [-0.1, -0.05) is 60.4 Å². The van der Waals surface area contributed by atoms with E-state index < -0.39 is 0 Å². The minimum atomic E-state index is -0.245. The molecule has 1 amide bonds. The molecule has 2 atom stereocenters. The Morgan fingerprint density at radius 1 is 1.26 bits per heavy atom. The van der Waals surface area contributed by atoms with Crippen LogP contribution in [0.1, 0.15) is 42.5 Å². The van der Waals surface area contributed by atoms with Crippen molar-refractivity contribution in [2.75, 3.05) is 18.5 Å². The highest BCUT2D eigenvalue weighted by molar-refractivity contribution is 8.26. The Balaban J connectivity index is 1.55. The number of nitrogens with zero attached hydrogens (tertiary/aromatic N) is 3. The zero-order valence-electron chi connectivity index (χ0n) is 19.6. The molecule has 2 aromatic heterocycles. The van der Waals surface area contributed by atoms with Crippen molar-refractivity contribution in [3.63, 3.8) is 0 Å². The van der Waals surface area contributed by atoms with Gasteiger partial charge in [-0.2, -0.15) is 0 Å². The molecule has 4 heterocycles. The van der Waals surface area contributed by atoms with Crippen molar-refractivity contribution >= 4 is 51.7 Å². The van der Waals surface area contributed by atoms with Gasteiger partial charge >= 0.3 is 0 Å². The summed E-state index contributed by atoms with van der Waals surface area (Å²) in [5, 5.41) is 3.40. The first kappa shape index (κ1) is 23.7. The highest BCUT2D eigenvalue weighted by Crippen LogP contribution is 2.34. The molecule has 2 saturated heterocycles. The Kier molecular flexibility index (Phi) is 6.73. The number of hydrogen-bond donors (Lipinski definition) is 1. The van der Waals surface area contributed by atoms with Crippen LogP contribution in [0.15, 0.2) is 58.4 Å². The lowest BCUT2D eigenvalue weighted by molar-refractivity contribution is -0.123. The SMILES string of the molecule is Cc1cccn2c(=O)c(/C=C3\SC(=S)N(C[C@H]4CCCO4)C3=O)c(N[C@H](C)c3ccccc3)nc12. The van der Waals surface area contributed by atoms with E-state index in [1.165, 1.54) is 16.2 Å². The van der Waals surface area contributed by atoms with Gasteiger partial charge in [-0.25, -0.2) is 4.98 Å². The molecule has 0 radical (unpaired) electrons. The summed E-state index contributed by atoms with van der Waals surface area (Å²) in [5.74, 6) is 0.233. The maximum absolute atomic E-state index is 13.6. The number of benzene rings is 1. The summed E-state index contributed by atoms with van der Waals surface area (Å²) in [7, 11) is 0. The molecule has 1 aromatic carbocycles. The molecule has 0 spiro atoms. The van der Waals surface area contributed by atoms with Gasteiger partial charge in [-0.3, -0.25) is 18.9 Å². The molecule has 0 bridgehead atoms. The van der Waals surface area contributed by atoms with Crippen LogP contribution in [0.4, 0.5) is 5.82 Å². The van der Waals surface area contributed by atoms with Crippen molar-refractivity contribution in [1.82, 2.24) is 14.3 Å². The van der Waals surface area contributed by atoms with Gasteiger partial charge in [-0.15, -0.1) is 0 Å². The number of carbonyl (C=O) groups is 1. The number of amides is 1. The van der Waals surface area contributed by atoms with Crippen LogP contribution in [-0.4, -0.2) is 43.8 Å². The normalized spacial score (nSPS) is 20.2. The molecule has 180 valence electrons. The number of thiocarbonyl (C=S) groups is 1. The monoisotopic (exact) mass is 506 g/mol. The topological polar surface area (TPSA) is 75.9 Å². The van der Waals surface area contributed by atoms with Gasteiger partial charge in [0.25, 0.3) is 11.5 Å². The molecular formula is C26H26N4O3S2. The van der Waals surface area contributed by atoms with E-state index in [9.17, 15) is 9.59 Å². The Labute approximate surface area is 213 Å². The molecule has 0 saturated carbocycles. The van der Waals surface area contributed by atoms with Crippen LogP contribution in [-0.2, 0) is 9.53 Å². The second kappa shape index (κ2) is 9.93. The fraction of sp³-hybridized carbons (Fsp3) is 0.308. The van der Waals surface area contributed by atoms with Gasteiger partial charge in [-0.05, 0) is 50.0 Å². The van der Waals surface area contributed by atoms with Crippen LogP contribution < -0.4 is 10.9 Å². The van der Waals surface area contributed by atoms with Crippen LogP contribution in [0, 0.1) is 6.92 Å². The molecule has 35 heavy (non-hydrogen) atoms. The Morgan fingerprint density at radius 2 is 2.06 bits per heavy atom. The molecule has 9 heteroatoms. The smallest absolute Gasteiger partial charge is 0.267 e. The van der Waals surface area contributed by atoms with E-state index in [4.69, 9.17) is 21.9 Å². The van der Waals surface area contributed by atoms with Crippen molar-refractivity contribution in [2.24, 2.45) is 0 Å². The zero-order valence-corrected chi connectivity index (χ0v) is 21.2. The number of rotatable bonds is 6. The lowest BCUT2D eigenvalue weighted by Crippen LogP contribution is -2.35. The molecule has 2 aliphatic rings. The van der Waals surface area contributed by atoms with E-state index in [-0.39, 0.29) is 23.6 Å². The summed E-state index contributed by atoms with van der Waals surface area (Å²) < 4.78 is 7.69. The quantitative estimate of drug-likeness (QED) is 0.388. The van der Waals surface area contributed by atoms with Crippen molar-refractivity contribution in [3.05, 3.63) is 80.6 Å². The minimum absolute atomic E-state index is 0.00302. The third-order valence-electron chi connectivity index (χ3n) is 6.30. The number of hydrogen-bond acceptors (Lipinski definition) is 7. The fourth-order valence-electron chi connectivity index (χ4n) is 4.36. The standard InChI is InChI=1S/C26H26N4O3S2/c1-16-8-6-12-29-23(16)28-22(27-17(2)18-9-4-3-5-10-18)20(24(29)31)14-21-25(32)30(26(34)35-21)15-19-11-7-13-33-19/h3-6,8-10,12,14,17,19,27H,7,11,13,15H2,1-2H3/b21-14-/t17-,19-/m1/s1. The summed E-state index contributed by atoms with van der Waals surface area (Å²) in [6, 6.07) is 13.6. The average molecular weight is 507 g/mol. The van der Waals surface area contributed by atoms with E-state index >= 15 is 0 Å². The van der Waals surface area contributed by atoms with E-state index in [0.29, 0.717) is 39.4 Å². The van der Waals surface area contributed by atoms with Gasteiger partial charge in [0, 0.05) is 18.8 Å². The first-order valence-electron chi connectivity index (χ1n) is 11.6. The zero-order chi connectivity index (χ0) is 24.5. The predicted octanol–water partition coefficient (Wildman–Crippen LogP) is 4.56. The van der Waals surface area contributed by atoms with Crippen molar-refractivity contribution < 1.29 is 9.53 Å². The maximum Gasteiger partial charge on any atom is 0.267 e. The van der Waals surface area contributed by atoms with Crippen molar-refractivity contribution in [2.45, 2.75) is 38.8 Å². The summed E-state index contributed by atoms with van der Waals surface area (Å²) in [5.41, 5.74) is 2.60. The molecule has 3 aromatic rings. The minimum Gasteiger partial charge on any atom is -0.376 e. The van der Waals surface area contributed by atoms with Gasteiger partial charge < -0.3 is 10.1 Å². The molecule has 5 rings (SSSR count). The van der Waals surface area contributed by atoms with E-state index in [1.807, 2.05) is 56.3 Å². The fourth-order valence-corrected chi connectivity index (χ4v) is 5.62. The van der Waals surface area contributed by atoms with Crippen LogP contribution in [0.25, 0.3) is 11.7 Å². The number of thioether (sulfide) groups is 1. The van der Waals surface area contributed by atoms with Gasteiger partial charge in [0.2, 0.25) is 0 Å². The molecule has 0 aliphatic carbocycles. The summed E-state index contributed by atoms with van der Waals surface area (Å²) >= 11 is 6.71. The molecule has 7 nitrogen and oxygen atoms in total. The third kappa shape index (κ3) is 4.76. The number of nitrogens with one attached hydrogen (secondary N) is 1. The highest BCUT2D eigenvalue weighted by Gasteiger charge is 2.35. The summed E-state index contributed by atoms with van der Waals surface area (Å²) in [6.45, 7) is 5.08. The van der Waals surface area contributed by atoms with Crippen molar-refractivity contribution in [3.8, 4) is 0 Å². The Bertz CT molecular complexity index is 1380. The number of fused-ring (bicyclic) bond motifs is 1. The number of pyridine rings is 1. The van der Waals surface area contributed by atoms with Crippen molar-refractivity contribution in [1.29, 1.82) is 0 Å². The first-order chi connectivity index (χ1) is 16.9. The molecule has 0 unspecified atom stereocenters. The highest BCUT2D eigenvalue weighted by atomic mass is 32.2. The second-order valence-corrected chi connectivity index (χ2v) is 10.4. The Hall–Kier alpha value is -3.01. The molecular weight excluding hydrogens is 480 g/mol. The molecule has 2 aliphatic heterocycles. The second-order valence-electron chi connectivity index (χ2n) is 8.77. The summed E-state index contributed by atoms with van der Waals surface area (Å²) in [6.07, 6.45) is 5.22. The molecule has 2 fully saturated rings. The lowest BCUT2D eigenvalue weighted by atomic mass is 10.1. The van der Waals surface area contributed by atoms with Gasteiger partial charge in [0.1, 0.15) is 15.8 Å². The van der Waals surface area contributed by atoms with Crippen LogP contribution >= 0.6 is 24.0 Å². The van der Waals surface area contributed by atoms with E-state index in [0.717, 1.165) is 24.0 Å². The van der Waals surface area contributed by atoms with Gasteiger partial charge in [0.05, 0.1) is 23.1 Å². The van der Waals surface area contributed by atoms with Crippen LogP contribution in [0.2, 0.25) is 0 Å². The largest absolute Gasteiger partial charge is 0.376 e. The third-order valence-corrected chi connectivity index (χ3v) is 7.67. The summed E-state index contributed by atoms with van der Waals surface area (Å²) in [4.78, 5) is 33.6. The number of anilines is 1. The van der Waals surface area contributed by atoms with Crippen LogP contribution in [0.3, 0.4) is 0 Å². The number of aromatic nitrogens is 2. The average Bonchev–Trinajstić information content (AvgIpc) is 3.46. The predicted molar refractivity (Wildman–Crippen MR) is 144 cm³/mol. The van der Waals surface area contributed by atoms with Gasteiger partial charge in [0.15, 0.2) is 0 Å². The van der Waals surface area contributed by atoms with Crippen LogP contribution in [0.5, 0.6) is 0 Å². The first-order valence-corrected chi connectivity index (χ1v) is 12.9. The van der Waals surface area contributed by atoms with E-state index in [1.54, 1.807) is 17.2 Å². The van der Waals surface area contributed by atoms with E-state index in [2.05, 4.69) is 5.32 Å². The number of ether oxygens (including phenoxy) is 1.